The van der Waals surface area contributed by atoms with E-state index in [0.717, 1.165) is 42.3 Å². The molecule has 6 nitrogen and oxygen atoms in total. The van der Waals surface area contributed by atoms with Crippen molar-refractivity contribution in [2.24, 2.45) is 0 Å². The van der Waals surface area contributed by atoms with Crippen LogP contribution in [0.5, 0.6) is 0 Å². The van der Waals surface area contributed by atoms with Crippen LogP contribution in [0, 0.1) is 0 Å². The van der Waals surface area contributed by atoms with Gasteiger partial charge in [-0.05, 0) is 43.7 Å². The molecule has 2 aromatic rings. The van der Waals surface area contributed by atoms with Gasteiger partial charge in [-0.1, -0.05) is 18.2 Å². The van der Waals surface area contributed by atoms with Crippen LogP contribution in [0.4, 0.5) is 0 Å². The van der Waals surface area contributed by atoms with Crippen LogP contribution in [0.1, 0.15) is 44.1 Å². The van der Waals surface area contributed by atoms with Crippen molar-refractivity contribution in [2.75, 3.05) is 13.2 Å². The molecule has 2 amide bonds. The molecule has 2 unspecified atom stereocenters. The molecule has 144 valence electrons. The first-order valence-electron chi connectivity index (χ1n) is 9.95. The van der Waals surface area contributed by atoms with Gasteiger partial charge in [0.25, 0.3) is 0 Å². The van der Waals surface area contributed by atoms with Crippen molar-refractivity contribution in [2.45, 2.75) is 57.2 Å². The summed E-state index contributed by atoms with van der Waals surface area (Å²) < 4.78 is 0. The summed E-state index contributed by atoms with van der Waals surface area (Å²) in [6.45, 7) is 1.28. The number of H-pyrrole nitrogens is 1. The lowest BCUT2D eigenvalue weighted by atomic mass is 9.98. The van der Waals surface area contributed by atoms with Gasteiger partial charge in [0.15, 0.2) is 0 Å². The van der Waals surface area contributed by atoms with Crippen LogP contribution in [-0.2, 0) is 16.1 Å². The molecule has 1 aromatic heterocycles. The van der Waals surface area contributed by atoms with Crippen LogP contribution in [0.2, 0.25) is 0 Å². The Morgan fingerprint density at radius 1 is 1.22 bits per heavy atom. The van der Waals surface area contributed by atoms with Gasteiger partial charge in [0, 0.05) is 49.3 Å². The normalized spacial score (nSPS) is 23.4. The molecule has 0 saturated carbocycles. The molecule has 3 heterocycles. The molecule has 2 aliphatic rings. The van der Waals surface area contributed by atoms with Crippen molar-refractivity contribution in [3.63, 3.8) is 0 Å². The lowest BCUT2D eigenvalue weighted by molar-refractivity contribution is -0.144. The minimum absolute atomic E-state index is 0.0503. The molecule has 0 radical (unpaired) electrons. The predicted molar refractivity (Wildman–Crippen MR) is 103 cm³/mol. The van der Waals surface area contributed by atoms with E-state index in [0.29, 0.717) is 25.8 Å². The lowest BCUT2D eigenvalue weighted by Gasteiger charge is -2.38. The number of para-hydroxylation sites is 1. The van der Waals surface area contributed by atoms with Crippen molar-refractivity contribution in [3.8, 4) is 0 Å². The molecule has 2 saturated heterocycles. The highest BCUT2D eigenvalue weighted by molar-refractivity contribution is 5.91. The molecule has 2 N–H and O–H groups in total. The number of likely N-dealkylation sites (tertiary alicyclic amines) is 2. The Labute approximate surface area is 159 Å². The number of nitrogens with zero attached hydrogens (tertiary/aromatic N) is 2. The van der Waals surface area contributed by atoms with Crippen LogP contribution >= 0.6 is 0 Å². The number of rotatable bonds is 5. The maximum atomic E-state index is 13.3. The third-order valence-corrected chi connectivity index (χ3v) is 6.00. The first-order chi connectivity index (χ1) is 13.2. The second-order valence-electron chi connectivity index (χ2n) is 7.63. The highest BCUT2D eigenvalue weighted by atomic mass is 16.3. The Bertz CT molecular complexity index is 829. The van der Waals surface area contributed by atoms with Crippen LogP contribution in [-0.4, -0.2) is 56.9 Å². The number of carbonyl (C=O) groups is 2. The summed E-state index contributed by atoms with van der Waals surface area (Å²) >= 11 is 0. The average molecular weight is 369 g/mol. The fourth-order valence-corrected chi connectivity index (χ4v) is 4.57. The van der Waals surface area contributed by atoms with Crippen molar-refractivity contribution in [3.05, 3.63) is 36.0 Å². The van der Waals surface area contributed by atoms with Gasteiger partial charge >= 0.3 is 0 Å². The number of aliphatic hydroxyl groups excluding tert-OH is 1. The fourth-order valence-electron chi connectivity index (χ4n) is 4.57. The second-order valence-corrected chi connectivity index (χ2v) is 7.63. The van der Waals surface area contributed by atoms with E-state index in [2.05, 4.69) is 4.98 Å². The monoisotopic (exact) mass is 369 g/mol. The van der Waals surface area contributed by atoms with Gasteiger partial charge in [0.05, 0.1) is 0 Å². The zero-order valence-electron chi connectivity index (χ0n) is 15.6. The number of hydrogen-bond donors (Lipinski definition) is 2. The van der Waals surface area contributed by atoms with E-state index >= 15 is 0 Å². The topological polar surface area (TPSA) is 76.6 Å². The number of piperidine rings is 1. The van der Waals surface area contributed by atoms with Crippen LogP contribution in [0.3, 0.4) is 0 Å². The molecule has 0 aliphatic carbocycles. The number of nitrogens with one attached hydrogen (secondary N) is 1. The SMILES string of the molecule is O=C(C1CCC(=O)N1Cc1c[nH]c2ccccc12)N1CCCCC1CCO. The van der Waals surface area contributed by atoms with Gasteiger partial charge in [-0.2, -0.15) is 0 Å². The molecule has 0 bridgehead atoms. The van der Waals surface area contributed by atoms with Gasteiger partial charge in [-0.25, -0.2) is 0 Å². The van der Waals surface area contributed by atoms with Crippen molar-refractivity contribution >= 4 is 22.7 Å². The van der Waals surface area contributed by atoms with Gasteiger partial charge < -0.3 is 19.9 Å². The van der Waals surface area contributed by atoms with Crippen molar-refractivity contribution in [1.29, 1.82) is 0 Å². The largest absolute Gasteiger partial charge is 0.396 e. The molecule has 0 spiro atoms. The molecule has 2 atom stereocenters. The first-order valence-corrected chi connectivity index (χ1v) is 9.95. The summed E-state index contributed by atoms with van der Waals surface area (Å²) in [6, 6.07) is 7.74. The zero-order chi connectivity index (χ0) is 18.8. The van der Waals surface area contributed by atoms with Crippen LogP contribution in [0.15, 0.2) is 30.5 Å². The summed E-state index contributed by atoms with van der Waals surface area (Å²) in [5, 5.41) is 10.4. The Morgan fingerprint density at radius 3 is 2.93 bits per heavy atom. The molecule has 2 fully saturated rings. The van der Waals surface area contributed by atoms with Gasteiger partial charge in [-0.15, -0.1) is 0 Å². The van der Waals surface area contributed by atoms with E-state index in [-0.39, 0.29) is 30.5 Å². The molecule has 6 heteroatoms. The second kappa shape index (κ2) is 7.72. The molecular formula is C21H27N3O3. The van der Waals surface area contributed by atoms with Gasteiger partial charge in [0.2, 0.25) is 11.8 Å². The smallest absolute Gasteiger partial charge is 0.245 e. The van der Waals surface area contributed by atoms with Crippen LogP contribution in [0.25, 0.3) is 10.9 Å². The zero-order valence-corrected chi connectivity index (χ0v) is 15.6. The van der Waals surface area contributed by atoms with Gasteiger partial charge in [0.1, 0.15) is 6.04 Å². The van der Waals surface area contributed by atoms with Crippen molar-refractivity contribution in [1.82, 2.24) is 14.8 Å². The Balaban J connectivity index is 1.54. The number of hydrogen-bond acceptors (Lipinski definition) is 3. The first kappa shape index (κ1) is 18.0. The molecule has 2 aliphatic heterocycles. The highest BCUT2D eigenvalue weighted by Crippen LogP contribution is 2.29. The summed E-state index contributed by atoms with van der Waals surface area (Å²) in [6.07, 6.45) is 6.60. The predicted octanol–water partition coefficient (Wildman–Crippen LogP) is 2.42. The molecule has 1 aromatic carbocycles. The average Bonchev–Trinajstić information content (AvgIpc) is 3.27. The number of aromatic amines is 1. The summed E-state index contributed by atoms with van der Waals surface area (Å²) in [7, 11) is 0. The van der Waals surface area contributed by atoms with E-state index in [9.17, 15) is 14.7 Å². The summed E-state index contributed by atoms with van der Waals surface area (Å²) in [5.41, 5.74) is 2.09. The summed E-state index contributed by atoms with van der Waals surface area (Å²) in [5.74, 6) is 0.105. The van der Waals surface area contributed by atoms with E-state index < -0.39 is 0 Å². The number of fused-ring (bicyclic) bond motifs is 1. The maximum absolute atomic E-state index is 13.3. The van der Waals surface area contributed by atoms with E-state index in [1.807, 2.05) is 35.4 Å². The van der Waals surface area contributed by atoms with Crippen molar-refractivity contribution < 1.29 is 14.7 Å². The molecular weight excluding hydrogens is 342 g/mol. The minimum Gasteiger partial charge on any atom is -0.396 e. The van der Waals surface area contributed by atoms with Crippen LogP contribution < -0.4 is 0 Å². The highest BCUT2D eigenvalue weighted by Gasteiger charge is 2.40. The number of carbonyl (C=O) groups excluding carboxylic acids is 2. The number of aliphatic hydroxyl groups is 1. The van der Waals surface area contributed by atoms with Gasteiger partial charge in [-0.3, -0.25) is 9.59 Å². The number of benzene rings is 1. The standard InChI is InChI=1S/C21H27N3O3/c25-12-10-16-5-3-4-11-23(16)21(27)19-8-9-20(26)24(19)14-15-13-22-18-7-2-1-6-17(15)18/h1-2,6-7,13,16,19,22,25H,3-5,8-12,14H2. The maximum Gasteiger partial charge on any atom is 0.245 e. The van der Waals surface area contributed by atoms with E-state index in [1.54, 1.807) is 4.90 Å². The number of aromatic nitrogens is 1. The Hall–Kier alpha value is -2.34. The van der Waals surface area contributed by atoms with E-state index in [1.165, 1.54) is 0 Å². The quantitative estimate of drug-likeness (QED) is 0.850. The third-order valence-electron chi connectivity index (χ3n) is 6.00. The lowest BCUT2D eigenvalue weighted by Crippen LogP contribution is -2.52. The molecule has 4 rings (SSSR count). The fraction of sp³-hybridized carbons (Fsp3) is 0.524. The Morgan fingerprint density at radius 2 is 2.07 bits per heavy atom. The van der Waals surface area contributed by atoms with E-state index in [4.69, 9.17) is 0 Å². The summed E-state index contributed by atoms with van der Waals surface area (Å²) in [4.78, 5) is 32.7. The number of amides is 2. The third kappa shape index (κ3) is 3.46. The minimum atomic E-state index is -0.384. The Kier molecular flexibility index (Phi) is 5.16. The molecule has 27 heavy (non-hydrogen) atoms.